The molecular weight excluding hydrogens is 218 g/mol. The zero-order valence-electron chi connectivity index (χ0n) is 11.0. The summed E-state index contributed by atoms with van der Waals surface area (Å²) in [6, 6.07) is -0.0140. The molecule has 4 nitrogen and oxygen atoms in total. The Morgan fingerprint density at radius 3 is 2.24 bits per heavy atom. The van der Waals surface area contributed by atoms with E-state index in [1.54, 1.807) is 0 Å². The molecular formula is C13H21NO3. The van der Waals surface area contributed by atoms with E-state index in [1.807, 2.05) is 13.8 Å². The van der Waals surface area contributed by atoms with Gasteiger partial charge >= 0.3 is 5.97 Å². The Bertz CT molecular complexity index is 390. The average molecular weight is 239 g/mol. The van der Waals surface area contributed by atoms with Crippen molar-refractivity contribution in [1.29, 1.82) is 0 Å². The van der Waals surface area contributed by atoms with Gasteiger partial charge in [-0.25, -0.2) is 0 Å². The third-order valence-corrected chi connectivity index (χ3v) is 5.80. The van der Waals surface area contributed by atoms with Gasteiger partial charge in [0, 0.05) is 13.0 Å². The molecule has 0 aliphatic heterocycles. The normalized spacial score (nSPS) is 42.5. The molecule has 4 heteroatoms. The summed E-state index contributed by atoms with van der Waals surface area (Å²) in [5.74, 6) is -0.779. The molecule has 0 saturated heterocycles. The van der Waals surface area contributed by atoms with Crippen LogP contribution in [-0.2, 0) is 9.59 Å². The fourth-order valence-corrected chi connectivity index (χ4v) is 4.10. The molecule has 2 rings (SSSR count). The molecule has 2 N–H and O–H groups in total. The lowest BCUT2D eigenvalue weighted by atomic mass is 9.65. The van der Waals surface area contributed by atoms with Crippen LogP contribution in [0.4, 0.5) is 0 Å². The Morgan fingerprint density at radius 2 is 1.82 bits per heavy atom. The summed E-state index contributed by atoms with van der Waals surface area (Å²) in [5.41, 5.74) is -1.06. The molecule has 3 atom stereocenters. The fraction of sp³-hybridized carbons (Fsp3) is 0.846. The van der Waals surface area contributed by atoms with E-state index in [9.17, 15) is 14.7 Å². The summed E-state index contributed by atoms with van der Waals surface area (Å²) < 4.78 is 0. The number of hydrogen-bond acceptors (Lipinski definition) is 2. The van der Waals surface area contributed by atoms with Gasteiger partial charge in [-0.1, -0.05) is 20.8 Å². The summed E-state index contributed by atoms with van der Waals surface area (Å²) in [6.45, 7) is 7.69. The first-order valence-electron chi connectivity index (χ1n) is 6.18. The van der Waals surface area contributed by atoms with Crippen LogP contribution in [-0.4, -0.2) is 23.0 Å². The maximum atomic E-state index is 11.7. The second-order valence-electron chi connectivity index (χ2n) is 6.39. The van der Waals surface area contributed by atoms with E-state index in [1.165, 1.54) is 6.92 Å². The van der Waals surface area contributed by atoms with Gasteiger partial charge in [-0.2, -0.15) is 0 Å². The van der Waals surface area contributed by atoms with Crippen LogP contribution in [0.1, 0.15) is 47.0 Å². The van der Waals surface area contributed by atoms with E-state index >= 15 is 0 Å². The Balaban J connectivity index is 2.42. The molecule has 3 unspecified atom stereocenters. The summed E-state index contributed by atoms with van der Waals surface area (Å²) in [4.78, 5) is 22.9. The number of aliphatic carboxylic acids is 1. The topological polar surface area (TPSA) is 66.4 Å². The van der Waals surface area contributed by atoms with Crippen molar-refractivity contribution in [2.45, 2.75) is 53.0 Å². The molecule has 17 heavy (non-hydrogen) atoms. The highest BCUT2D eigenvalue weighted by molar-refractivity contribution is 5.79. The molecule has 1 amide bonds. The number of carbonyl (C=O) groups is 2. The number of carboxylic acid groups (broad SMARTS) is 1. The molecule has 2 aliphatic carbocycles. The van der Waals surface area contributed by atoms with Gasteiger partial charge in [-0.15, -0.1) is 0 Å². The maximum absolute atomic E-state index is 11.7. The van der Waals surface area contributed by atoms with Crippen LogP contribution in [0.3, 0.4) is 0 Å². The smallest absolute Gasteiger partial charge is 0.310 e. The van der Waals surface area contributed by atoms with E-state index in [0.29, 0.717) is 6.42 Å². The van der Waals surface area contributed by atoms with Crippen LogP contribution in [0.2, 0.25) is 0 Å². The molecule has 0 heterocycles. The van der Waals surface area contributed by atoms with Gasteiger partial charge in [-0.3, -0.25) is 9.59 Å². The first-order chi connectivity index (χ1) is 7.67. The number of carboxylic acids is 1. The molecule has 0 aromatic rings. The zero-order chi connectivity index (χ0) is 13.1. The van der Waals surface area contributed by atoms with Crippen molar-refractivity contribution in [2.75, 3.05) is 0 Å². The highest BCUT2D eigenvalue weighted by atomic mass is 16.4. The van der Waals surface area contributed by atoms with E-state index in [2.05, 4.69) is 12.2 Å². The lowest BCUT2D eigenvalue weighted by Gasteiger charge is -2.40. The minimum absolute atomic E-state index is 0.0140. The van der Waals surface area contributed by atoms with E-state index in [-0.39, 0.29) is 22.8 Å². The lowest BCUT2D eigenvalue weighted by molar-refractivity contribution is -0.154. The van der Waals surface area contributed by atoms with Gasteiger partial charge in [0.05, 0.1) is 5.41 Å². The van der Waals surface area contributed by atoms with Crippen molar-refractivity contribution < 1.29 is 14.7 Å². The predicted molar refractivity (Wildman–Crippen MR) is 63.4 cm³/mol. The molecule has 0 aromatic heterocycles. The van der Waals surface area contributed by atoms with Gasteiger partial charge in [0.2, 0.25) is 5.91 Å². The van der Waals surface area contributed by atoms with E-state index < -0.39 is 11.4 Å². The number of rotatable bonds is 2. The summed E-state index contributed by atoms with van der Waals surface area (Å²) in [7, 11) is 0. The monoisotopic (exact) mass is 239 g/mol. The first-order valence-corrected chi connectivity index (χ1v) is 6.18. The Morgan fingerprint density at radius 1 is 1.24 bits per heavy atom. The van der Waals surface area contributed by atoms with Crippen LogP contribution >= 0.6 is 0 Å². The van der Waals surface area contributed by atoms with Crippen molar-refractivity contribution >= 4 is 11.9 Å². The summed E-state index contributed by atoms with van der Waals surface area (Å²) in [5, 5.41) is 12.5. The quantitative estimate of drug-likeness (QED) is 0.772. The average Bonchev–Trinajstić information content (AvgIpc) is 2.47. The van der Waals surface area contributed by atoms with E-state index in [0.717, 1.165) is 12.8 Å². The SMILES string of the molecule is CC(=O)NC1CC2(C(=O)O)CCC1(C)C2(C)C. The lowest BCUT2D eigenvalue weighted by Crippen LogP contribution is -2.46. The number of hydrogen-bond donors (Lipinski definition) is 2. The van der Waals surface area contributed by atoms with Crippen molar-refractivity contribution in [3.05, 3.63) is 0 Å². The molecule has 2 bridgehead atoms. The van der Waals surface area contributed by atoms with Crippen LogP contribution < -0.4 is 5.32 Å². The number of nitrogens with one attached hydrogen (secondary N) is 1. The van der Waals surface area contributed by atoms with Crippen molar-refractivity contribution in [3.8, 4) is 0 Å². The zero-order valence-corrected chi connectivity index (χ0v) is 11.0. The largest absolute Gasteiger partial charge is 0.481 e. The third kappa shape index (κ3) is 1.24. The fourth-order valence-electron chi connectivity index (χ4n) is 4.10. The third-order valence-electron chi connectivity index (χ3n) is 5.80. The predicted octanol–water partition coefficient (Wildman–Crippen LogP) is 1.79. The number of amides is 1. The van der Waals surface area contributed by atoms with Crippen LogP contribution in [0.15, 0.2) is 0 Å². The number of fused-ring (bicyclic) bond motifs is 2. The highest BCUT2D eigenvalue weighted by Crippen LogP contribution is 2.72. The molecule has 2 saturated carbocycles. The Hall–Kier alpha value is -1.06. The molecule has 0 spiro atoms. The molecule has 0 aromatic carbocycles. The van der Waals surface area contributed by atoms with Crippen molar-refractivity contribution in [1.82, 2.24) is 5.32 Å². The highest BCUT2D eigenvalue weighted by Gasteiger charge is 2.72. The standard InChI is InChI=1S/C13H21NO3/c1-8(15)14-9-7-13(10(16)17)6-5-12(9,4)11(13,2)3/h9H,5-7H2,1-4H3,(H,14,15)(H,16,17). The van der Waals surface area contributed by atoms with Crippen molar-refractivity contribution in [2.24, 2.45) is 16.2 Å². The second kappa shape index (κ2) is 3.24. The first kappa shape index (κ1) is 12.4. The van der Waals surface area contributed by atoms with Gasteiger partial charge in [0.15, 0.2) is 0 Å². The molecule has 0 radical (unpaired) electrons. The minimum atomic E-state index is -0.709. The Labute approximate surface area is 102 Å². The minimum Gasteiger partial charge on any atom is -0.481 e. The van der Waals surface area contributed by atoms with Crippen molar-refractivity contribution in [3.63, 3.8) is 0 Å². The second-order valence-corrected chi connectivity index (χ2v) is 6.39. The number of carbonyl (C=O) groups excluding carboxylic acids is 1. The van der Waals surface area contributed by atoms with Gasteiger partial charge in [-0.05, 0) is 30.1 Å². The van der Waals surface area contributed by atoms with Gasteiger partial charge in [0.25, 0.3) is 0 Å². The summed E-state index contributed by atoms with van der Waals surface area (Å²) in [6.07, 6.45) is 2.16. The van der Waals surface area contributed by atoms with E-state index in [4.69, 9.17) is 0 Å². The van der Waals surface area contributed by atoms with Crippen LogP contribution in [0, 0.1) is 16.2 Å². The summed E-state index contributed by atoms with van der Waals surface area (Å²) >= 11 is 0. The maximum Gasteiger partial charge on any atom is 0.310 e. The van der Waals surface area contributed by atoms with Gasteiger partial charge in [0.1, 0.15) is 0 Å². The molecule has 96 valence electrons. The molecule has 2 aliphatic rings. The Kier molecular flexibility index (Phi) is 2.36. The molecule has 2 fully saturated rings. The van der Waals surface area contributed by atoms with Crippen LogP contribution in [0.25, 0.3) is 0 Å². The van der Waals surface area contributed by atoms with Crippen LogP contribution in [0.5, 0.6) is 0 Å². The van der Waals surface area contributed by atoms with Gasteiger partial charge < -0.3 is 10.4 Å².